The van der Waals surface area contributed by atoms with Crippen molar-refractivity contribution in [1.82, 2.24) is 4.90 Å². The van der Waals surface area contributed by atoms with Crippen molar-refractivity contribution in [3.63, 3.8) is 0 Å². The maximum atomic E-state index is 12.8. The molecule has 0 aliphatic heterocycles. The average molecular weight is 364 g/mol. The van der Waals surface area contributed by atoms with Crippen LogP contribution in [0.15, 0.2) is 16.8 Å². The predicted octanol–water partition coefficient (Wildman–Crippen LogP) is 4.06. The van der Waals surface area contributed by atoms with E-state index in [0.717, 1.165) is 5.56 Å². The minimum absolute atomic E-state index is 0.00385. The highest BCUT2D eigenvalue weighted by atomic mass is 32.1. The van der Waals surface area contributed by atoms with Gasteiger partial charge in [0.15, 0.2) is 5.78 Å². The average Bonchev–Trinajstić information content (AvgIpc) is 3.05. The van der Waals surface area contributed by atoms with Crippen LogP contribution < -0.4 is 0 Å². The number of thiophene rings is 1. The van der Waals surface area contributed by atoms with Crippen molar-refractivity contribution in [2.45, 2.75) is 66.2 Å². The molecule has 140 valence electrons. The molecule has 1 rings (SSSR count). The molecule has 0 aliphatic rings. The van der Waals surface area contributed by atoms with Crippen molar-refractivity contribution in [3.8, 4) is 11.8 Å². The highest BCUT2D eigenvalue weighted by molar-refractivity contribution is 7.08. The van der Waals surface area contributed by atoms with Crippen molar-refractivity contribution in [3.05, 3.63) is 22.4 Å². The quantitative estimate of drug-likeness (QED) is 0.708. The van der Waals surface area contributed by atoms with Gasteiger partial charge in [0.2, 0.25) is 0 Å². The molecule has 0 radical (unpaired) electrons. The molecule has 0 aromatic carbocycles. The first kappa shape index (κ1) is 21.9. The number of likely N-dealkylation sites (N-methyl/N-ethyl adjacent to an activating group) is 1. The van der Waals surface area contributed by atoms with Crippen LogP contribution in [0.25, 0.3) is 0 Å². The summed E-state index contributed by atoms with van der Waals surface area (Å²) in [5.41, 5.74) is 0.942. The maximum absolute atomic E-state index is 12.8. The molecule has 3 nitrogen and oxygen atoms in total. The Morgan fingerprint density at radius 3 is 2.36 bits per heavy atom. The SMILES string of the molecule is CC(C)C(=O)[C@H]([C@H](C)[C@H](C)CC(O)C#Cc1ccsc1)N(C)C(C)C. The Morgan fingerprint density at radius 1 is 1.24 bits per heavy atom. The lowest BCUT2D eigenvalue weighted by atomic mass is 9.80. The Balaban J connectivity index is 2.81. The third-order valence-corrected chi connectivity index (χ3v) is 5.69. The van der Waals surface area contributed by atoms with Crippen LogP contribution in [0.1, 0.15) is 53.5 Å². The molecule has 0 saturated carbocycles. The lowest BCUT2D eigenvalue weighted by Crippen LogP contribution is -2.49. The molecule has 1 heterocycles. The van der Waals surface area contributed by atoms with Crippen LogP contribution in [0.4, 0.5) is 0 Å². The lowest BCUT2D eigenvalue weighted by molar-refractivity contribution is -0.130. The summed E-state index contributed by atoms with van der Waals surface area (Å²) in [6, 6.07) is 2.11. The van der Waals surface area contributed by atoms with E-state index in [-0.39, 0.29) is 29.6 Å². The summed E-state index contributed by atoms with van der Waals surface area (Å²) in [4.78, 5) is 14.9. The maximum Gasteiger partial charge on any atom is 0.152 e. The van der Waals surface area contributed by atoms with Gasteiger partial charge in [-0.1, -0.05) is 39.5 Å². The van der Waals surface area contributed by atoms with Gasteiger partial charge in [-0.05, 0) is 50.6 Å². The van der Waals surface area contributed by atoms with E-state index in [2.05, 4.69) is 44.4 Å². The molecule has 0 bridgehead atoms. The van der Waals surface area contributed by atoms with Crippen LogP contribution in [0.3, 0.4) is 0 Å². The topological polar surface area (TPSA) is 40.5 Å². The third kappa shape index (κ3) is 6.58. The molecular weight excluding hydrogens is 330 g/mol. The first-order valence-corrected chi connectivity index (χ1v) is 10.1. The number of hydrogen-bond donors (Lipinski definition) is 1. The second-order valence-electron chi connectivity index (χ2n) is 7.63. The van der Waals surface area contributed by atoms with Gasteiger partial charge in [-0.3, -0.25) is 9.69 Å². The Kier molecular flexibility index (Phi) is 8.85. The zero-order valence-corrected chi connectivity index (χ0v) is 17.4. The number of carbonyl (C=O) groups is 1. The van der Waals surface area contributed by atoms with E-state index in [9.17, 15) is 9.90 Å². The summed E-state index contributed by atoms with van der Waals surface area (Å²) in [6.07, 6.45) is -0.0944. The van der Waals surface area contributed by atoms with Crippen LogP contribution in [-0.4, -0.2) is 41.0 Å². The largest absolute Gasteiger partial charge is 0.380 e. The lowest BCUT2D eigenvalue weighted by Gasteiger charge is -2.38. The molecule has 0 amide bonds. The standard InChI is InChI=1S/C21H33NO2S/c1-14(2)21(24)20(22(7)15(3)4)17(6)16(5)12-19(23)9-8-18-10-11-25-13-18/h10-11,13-17,19-20,23H,12H2,1-7H3/t16-,17-,19?,20+/m1/s1. The zero-order valence-electron chi connectivity index (χ0n) is 16.6. The molecule has 0 saturated heterocycles. The predicted molar refractivity (Wildman–Crippen MR) is 107 cm³/mol. The van der Waals surface area contributed by atoms with Crippen molar-refractivity contribution in [2.75, 3.05) is 7.05 Å². The van der Waals surface area contributed by atoms with E-state index in [0.29, 0.717) is 12.5 Å². The van der Waals surface area contributed by atoms with Gasteiger partial charge in [0, 0.05) is 22.9 Å². The first-order chi connectivity index (χ1) is 11.6. The van der Waals surface area contributed by atoms with Crippen molar-refractivity contribution < 1.29 is 9.90 Å². The monoisotopic (exact) mass is 363 g/mol. The van der Waals surface area contributed by atoms with Crippen LogP contribution in [0.2, 0.25) is 0 Å². The molecule has 1 unspecified atom stereocenters. The van der Waals surface area contributed by atoms with E-state index < -0.39 is 6.10 Å². The summed E-state index contributed by atoms with van der Waals surface area (Å²) >= 11 is 1.60. The number of hydrogen-bond acceptors (Lipinski definition) is 4. The Bertz CT molecular complexity index is 583. The van der Waals surface area contributed by atoms with Gasteiger partial charge in [0.1, 0.15) is 6.10 Å². The van der Waals surface area contributed by atoms with Crippen molar-refractivity contribution in [1.29, 1.82) is 0 Å². The molecular formula is C21H33NO2S. The smallest absolute Gasteiger partial charge is 0.152 e. The van der Waals surface area contributed by atoms with Gasteiger partial charge in [-0.25, -0.2) is 0 Å². The van der Waals surface area contributed by atoms with Gasteiger partial charge in [-0.15, -0.1) is 0 Å². The number of carbonyl (C=O) groups excluding carboxylic acids is 1. The number of Topliss-reactive ketones (excluding diaryl/α,β-unsaturated/α-hetero) is 1. The van der Waals surface area contributed by atoms with E-state index in [4.69, 9.17) is 0 Å². The number of nitrogens with zero attached hydrogens (tertiary/aromatic N) is 1. The van der Waals surface area contributed by atoms with Crippen molar-refractivity contribution >= 4 is 17.1 Å². The molecule has 0 aliphatic carbocycles. The second kappa shape index (κ2) is 10.1. The van der Waals surface area contributed by atoms with Crippen LogP contribution >= 0.6 is 11.3 Å². The number of aliphatic hydroxyl groups excluding tert-OH is 1. The summed E-state index contributed by atoms with van der Waals surface area (Å²) in [7, 11) is 2.02. The van der Waals surface area contributed by atoms with Crippen molar-refractivity contribution in [2.24, 2.45) is 17.8 Å². The molecule has 1 N–H and O–H groups in total. The summed E-state index contributed by atoms with van der Waals surface area (Å²) in [5.74, 6) is 6.56. The van der Waals surface area contributed by atoms with Gasteiger partial charge in [0.25, 0.3) is 0 Å². The molecule has 4 atom stereocenters. The minimum atomic E-state index is -0.670. The number of aliphatic hydroxyl groups is 1. The zero-order chi connectivity index (χ0) is 19.1. The molecule has 1 aromatic heterocycles. The number of ketones is 1. The minimum Gasteiger partial charge on any atom is -0.380 e. The van der Waals surface area contributed by atoms with Crippen LogP contribution in [0.5, 0.6) is 0 Å². The number of rotatable bonds is 8. The fourth-order valence-electron chi connectivity index (χ4n) is 2.93. The first-order valence-electron chi connectivity index (χ1n) is 9.12. The van der Waals surface area contributed by atoms with Crippen LogP contribution in [-0.2, 0) is 4.79 Å². The van der Waals surface area contributed by atoms with Gasteiger partial charge >= 0.3 is 0 Å². The van der Waals surface area contributed by atoms with E-state index >= 15 is 0 Å². The second-order valence-corrected chi connectivity index (χ2v) is 8.41. The summed E-state index contributed by atoms with van der Waals surface area (Å²) in [5, 5.41) is 14.2. The van der Waals surface area contributed by atoms with Gasteiger partial charge < -0.3 is 5.11 Å². The fraction of sp³-hybridized carbons (Fsp3) is 0.667. The summed E-state index contributed by atoms with van der Waals surface area (Å²) in [6.45, 7) is 12.4. The van der Waals surface area contributed by atoms with E-state index in [1.165, 1.54) is 0 Å². The third-order valence-electron chi connectivity index (χ3n) is 5.01. The highest BCUT2D eigenvalue weighted by Crippen LogP contribution is 2.26. The molecule has 0 spiro atoms. The van der Waals surface area contributed by atoms with Gasteiger partial charge in [0.05, 0.1) is 6.04 Å². The molecule has 1 aromatic rings. The summed E-state index contributed by atoms with van der Waals surface area (Å²) < 4.78 is 0. The van der Waals surface area contributed by atoms with Gasteiger partial charge in [-0.2, -0.15) is 11.3 Å². The molecule has 0 fully saturated rings. The Hall–Kier alpha value is -1.15. The van der Waals surface area contributed by atoms with E-state index in [1.807, 2.05) is 37.7 Å². The Morgan fingerprint density at radius 2 is 1.88 bits per heavy atom. The molecule has 25 heavy (non-hydrogen) atoms. The van der Waals surface area contributed by atoms with E-state index in [1.54, 1.807) is 11.3 Å². The Labute approximate surface area is 157 Å². The highest BCUT2D eigenvalue weighted by Gasteiger charge is 2.34. The van der Waals surface area contributed by atoms with Crippen LogP contribution in [0, 0.1) is 29.6 Å². The normalized spacial score (nSPS) is 16.4. The molecule has 4 heteroatoms. The fourth-order valence-corrected chi connectivity index (χ4v) is 3.52.